The molecule has 20 heavy (non-hydrogen) atoms. The third kappa shape index (κ3) is 4.06. The van der Waals surface area contributed by atoms with Crippen LogP contribution in [0.2, 0.25) is 0 Å². The highest BCUT2D eigenvalue weighted by Gasteiger charge is 2.29. The fourth-order valence-electron chi connectivity index (χ4n) is 3.39. The topological polar surface area (TPSA) is 53.1 Å². The van der Waals surface area contributed by atoms with Gasteiger partial charge in [-0.25, -0.2) is 0 Å². The van der Waals surface area contributed by atoms with Crippen molar-refractivity contribution in [2.45, 2.75) is 64.0 Å². The van der Waals surface area contributed by atoms with E-state index >= 15 is 0 Å². The lowest BCUT2D eigenvalue weighted by Gasteiger charge is -2.34. The summed E-state index contributed by atoms with van der Waals surface area (Å²) >= 11 is 0. The average Bonchev–Trinajstić information content (AvgIpc) is 2.88. The van der Waals surface area contributed by atoms with Gasteiger partial charge >= 0.3 is 0 Å². The third-order valence-corrected chi connectivity index (χ3v) is 4.55. The summed E-state index contributed by atoms with van der Waals surface area (Å²) in [5.41, 5.74) is 7.70. The Balaban J connectivity index is 1.88. The molecule has 1 saturated carbocycles. The van der Waals surface area contributed by atoms with E-state index in [1.807, 2.05) is 17.9 Å². The number of ether oxygens (including phenoxy) is 1. The minimum absolute atomic E-state index is 0.132. The molecule has 2 unspecified atom stereocenters. The van der Waals surface area contributed by atoms with Gasteiger partial charge in [-0.2, -0.15) is 5.10 Å². The fraction of sp³-hybridized carbons (Fsp3) is 0.812. The minimum Gasteiger partial charge on any atom is -0.377 e. The van der Waals surface area contributed by atoms with Gasteiger partial charge in [-0.05, 0) is 44.6 Å². The van der Waals surface area contributed by atoms with Crippen molar-refractivity contribution in [3.05, 3.63) is 18.0 Å². The van der Waals surface area contributed by atoms with Gasteiger partial charge in [0, 0.05) is 31.6 Å². The number of hydrogen-bond acceptors (Lipinski definition) is 3. The van der Waals surface area contributed by atoms with Gasteiger partial charge in [0.2, 0.25) is 0 Å². The van der Waals surface area contributed by atoms with Crippen molar-refractivity contribution in [2.75, 3.05) is 6.61 Å². The molecular formula is C16H29N3O. The molecule has 4 heteroatoms. The van der Waals surface area contributed by atoms with Crippen molar-refractivity contribution in [1.29, 1.82) is 0 Å². The molecule has 0 bridgehead atoms. The molecule has 2 atom stereocenters. The first kappa shape index (κ1) is 15.5. The fourth-order valence-corrected chi connectivity index (χ4v) is 3.39. The molecule has 1 aliphatic rings. The Labute approximate surface area is 122 Å². The Morgan fingerprint density at radius 1 is 1.40 bits per heavy atom. The van der Waals surface area contributed by atoms with Crippen molar-refractivity contribution in [3.63, 3.8) is 0 Å². The van der Waals surface area contributed by atoms with E-state index in [1.165, 1.54) is 37.8 Å². The first-order valence-electron chi connectivity index (χ1n) is 8.06. The molecule has 1 aliphatic carbocycles. The predicted molar refractivity (Wildman–Crippen MR) is 81.5 cm³/mol. The highest BCUT2D eigenvalue weighted by molar-refractivity contribution is 5.01. The standard InChI is InChI=1S/C16H29N3O/c1-3-20-16(13-7-5-4-6-8-13)15(17)10-9-14-11-12-18-19(14)2/h11-13,15-16H,3-10,17H2,1-2H3. The normalized spacial score (nSPS) is 19.9. The monoisotopic (exact) mass is 279 g/mol. The Morgan fingerprint density at radius 3 is 2.75 bits per heavy atom. The third-order valence-electron chi connectivity index (χ3n) is 4.55. The van der Waals surface area contributed by atoms with Crippen LogP contribution in [0.15, 0.2) is 12.3 Å². The van der Waals surface area contributed by atoms with Gasteiger partial charge < -0.3 is 10.5 Å². The number of rotatable bonds is 7. The lowest BCUT2D eigenvalue weighted by atomic mass is 9.81. The molecule has 0 amide bonds. The van der Waals surface area contributed by atoms with Crippen LogP contribution in [0.25, 0.3) is 0 Å². The number of hydrogen-bond donors (Lipinski definition) is 1. The largest absolute Gasteiger partial charge is 0.377 e. The van der Waals surface area contributed by atoms with Crippen molar-refractivity contribution in [3.8, 4) is 0 Å². The summed E-state index contributed by atoms with van der Waals surface area (Å²) in [5, 5.41) is 4.21. The minimum atomic E-state index is 0.132. The van der Waals surface area contributed by atoms with E-state index in [2.05, 4.69) is 18.1 Å². The molecule has 0 saturated heterocycles. The van der Waals surface area contributed by atoms with E-state index < -0.39 is 0 Å². The lowest BCUT2D eigenvalue weighted by molar-refractivity contribution is -0.0108. The molecule has 0 radical (unpaired) electrons. The van der Waals surface area contributed by atoms with Crippen molar-refractivity contribution < 1.29 is 4.74 Å². The summed E-state index contributed by atoms with van der Waals surface area (Å²) in [4.78, 5) is 0. The zero-order valence-electron chi connectivity index (χ0n) is 12.9. The predicted octanol–water partition coefficient (Wildman–Crippen LogP) is 2.67. The second kappa shape index (κ2) is 7.79. The van der Waals surface area contributed by atoms with E-state index in [4.69, 9.17) is 10.5 Å². The summed E-state index contributed by atoms with van der Waals surface area (Å²) < 4.78 is 7.93. The Morgan fingerprint density at radius 2 is 2.15 bits per heavy atom. The van der Waals surface area contributed by atoms with Crippen LogP contribution in [0.1, 0.15) is 51.1 Å². The highest BCUT2D eigenvalue weighted by Crippen LogP contribution is 2.30. The lowest BCUT2D eigenvalue weighted by Crippen LogP contribution is -2.43. The molecule has 4 nitrogen and oxygen atoms in total. The Hall–Kier alpha value is -0.870. The summed E-state index contributed by atoms with van der Waals surface area (Å²) in [7, 11) is 1.99. The zero-order chi connectivity index (χ0) is 14.4. The number of nitrogens with two attached hydrogens (primary N) is 1. The smallest absolute Gasteiger partial charge is 0.0753 e. The summed E-state index contributed by atoms with van der Waals surface area (Å²) in [5.74, 6) is 0.658. The van der Waals surface area contributed by atoms with Gasteiger partial charge in [0.05, 0.1) is 6.10 Å². The molecule has 0 aliphatic heterocycles. The Bertz CT molecular complexity index is 385. The number of nitrogens with zero attached hydrogens (tertiary/aromatic N) is 2. The van der Waals surface area contributed by atoms with Crippen LogP contribution in [0.3, 0.4) is 0 Å². The molecular weight excluding hydrogens is 250 g/mol. The number of aryl methyl sites for hydroxylation is 2. The van der Waals surface area contributed by atoms with E-state index in [0.717, 1.165) is 19.4 Å². The van der Waals surface area contributed by atoms with Crippen molar-refractivity contribution >= 4 is 0 Å². The summed E-state index contributed by atoms with van der Waals surface area (Å²) in [6, 6.07) is 2.20. The SMILES string of the molecule is CCOC(C(N)CCc1ccnn1C)C1CCCCC1. The van der Waals surface area contributed by atoms with Crippen LogP contribution in [0.4, 0.5) is 0 Å². The molecule has 114 valence electrons. The maximum absolute atomic E-state index is 6.45. The molecule has 1 fully saturated rings. The molecule has 1 aromatic heterocycles. The van der Waals surface area contributed by atoms with E-state index in [0.29, 0.717) is 5.92 Å². The Kier molecular flexibility index (Phi) is 6.05. The van der Waals surface area contributed by atoms with E-state index in [-0.39, 0.29) is 12.1 Å². The maximum Gasteiger partial charge on any atom is 0.0753 e. The van der Waals surface area contributed by atoms with E-state index in [9.17, 15) is 0 Å². The van der Waals surface area contributed by atoms with Crippen LogP contribution in [-0.2, 0) is 18.2 Å². The molecule has 2 rings (SSSR count). The van der Waals surface area contributed by atoms with Gasteiger partial charge in [0.25, 0.3) is 0 Å². The summed E-state index contributed by atoms with van der Waals surface area (Å²) in [6.45, 7) is 2.84. The highest BCUT2D eigenvalue weighted by atomic mass is 16.5. The second-order valence-corrected chi connectivity index (χ2v) is 5.97. The average molecular weight is 279 g/mol. The molecule has 1 aromatic rings. The van der Waals surface area contributed by atoms with Crippen molar-refractivity contribution in [1.82, 2.24) is 9.78 Å². The zero-order valence-corrected chi connectivity index (χ0v) is 12.9. The van der Waals surface area contributed by atoms with Crippen LogP contribution >= 0.6 is 0 Å². The van der Waals surface area contributed by atoms with Crippen LogP contribution < -0.4 is 5.73 Å². The second-order valence-electron chi connectivity index (χ2n) is 5.97. The van der Waals surface area contributed by atoms with Gasteiger partial charge in [-0.3, -0.25) is 4.68 Å². The van der Waals surface area contributed by atoms with Gasteiger partial charge in [0.15, 0.2) is 0 Å². The maximum atomic E-state index is 6.45. The first-order valence-corrected chi connectivity index (χ1v) is 8.06. The summed E-state index contributed by atoms with van der Waals surface area (Å²) in [6.07, 6.45) is 10.6. The van der Waals surface area contributed by atoms with Crippen LogP contribution in [0.5, 0.6) is 0 Å². The van der Waals surface area contributed by atoms with E-state index in [1.54, 1.807) is 0 Å². The van der Waals surface area contributed by atoms with Gasteiger partial charge in [-0.15, -0.1) is 0 Å². The van der Waals surface area contributed by atoms with Crippen molar-refractivity contribution in [2.24, 2.45) is 18.7 Å². The molecule has 0 spiro atoms. The first-order chi connectivity index (χ1) is 9.72. The van der Waals surface area contributed by atoms with Crippen LogP contribution in [-0.4, -0.2) is 28.5 Å². The number of aromatic nitrogens is 2. The molecule has 1 heterocycles. The molecule has 2 N–H and O–H groups in total. The van der Waals surface area contributed by atoms with Gasteiger partial charge in [0.1, 0.15) is 0 Å². The van der Waals surface area contributed by atoms with Crippen LogP contribution in [0, 0.1) is 5.92 Å². The quantitative estimate of drug-likeness (QED) is 0.835. The molecule has 0 aromatic carbocycles. The van der Waals surface area contributed by atoms with Gasteiger partial charge in [-0.1, -0.05) is 19.3 Å².